The van der Waals surface area contributed by atoms with Crippen molar-refractivity contribution in [3.8, 4) is 23.0 Å². The number of esters is 4. The average molecular weight is 668 g/mol. The molecule has 0 fully saturated rings. The molecule has 5 atom stereocenters. The van der Waals surface area contributed by atoms with Gasteiger partial charge in [0, 0.05) is 11.6 Å². The summed E-state index contributed by atoms with van der Waals surface area (Å²) in [5, 5.41) is 93.1. The molecule has 0 aromatic heterocycles. The molecule has 1 aromatic carbocycles. The first kappa shape index (κ1) is 39.4. The van der Waals surface area contributed by atoms with Crippen LogP contribution in [0, 0.1) is 0 Å². The molecule has 22 heteroatoms. The minimum Gasteiger partial charge on any atom is -0.420 e. The fourth-order valence-corrected chi connectivity index (χ4v) is 2.49. The second-order valence-electron chi connectivity index (χ2n) is 8.27. The highest BCUT2D eigenvalue weighted by Gasteiger charge is 2.34. The van der Waals surface area contributed by atoms with Gasteiger partial charge < -0.3 is 70.0 Å². The van der Waals surface area contributed by atoms with Gasteiger partial charge in [-0.1, -0.05) is 0 Å². The van der Waals surface area contributed by atoms with E-state index in [4.69, 9.17) is 49.6 Å². The van der Waals surface area contributed by atoms with Gasteiger partial charge in [-0.15, -0.1) is 0 Å². The maximum Gasteiger partial charge on any atom is 0.386 e. The summed E-state index contributed by atoms with van der Waals surface area (Å²) >= 11 is 0. The standard InChI is InChI=1S/C24H28O22/c25-4-10(30)20(36)41-15-3-9(1-2-16(35)45-46-24(40)14(34)8-29)17(42-21(37)11(31)5-26)19(44-23(39)13(33)7-28)18(15)43-22(38)12(32)6-27/h1-3,10-14,25-34H,4-8H2. The largest absolute Gasteiger partial charge is 0.420 e. The van der Waals surface area contributed by atoms with E-state index in [9.17, 15) is 49.2 Å². The predicted octanol–water partition coefficient (Wildman–Crippen LogP) is -6.91. The lowest BCUT2D eigenvalue weighted by molar-refractivity contribution is -0.261. The molecule has 0 radical (unpaired) electrons. The molecule has 0 aliphatic rings. The highest BCUT2D eigenvalue weighted by atomic mass is 17.2. The number of rotatable bonds is 16. The highest BCUT2D eigenvalue weighted by Crippen LogP contribution is 2.48. The van der Waals surface area contributed by atoms with Crippen LogP contribution in [-0.4, -0.2) is 150 Å². The SMILES string of the molecule is O=C(C=Cc1cc(OC(=O)C(O)CO)c(OC(=O)C(O)CO)c(OC(=O)C(O)CO)c1OC(=O)C(O)CO)OOC(=O)C(O)CO. The van der Waals surface area contributed by atoms with Crippen LogP contribution >= 0.6 is 0 Å². The molecule has 0 amide bonds. The first-order valence-corrected chi connectivity index (χ1v) is 12.3. The van der Waals surface area contributed by atoms with Gasteiger partial charge >= 0.3 is 35.8 Å². The fourth-order valence-electron chi connectivity index (χ4n) is 2.49. The Morgan fingerprint density at radius 1 is 0.522 bits per heavy atom. The topological polar surface area (TPSA) is 360 Å². The van der Waals surface area contributed by atoms with Gasteiger partial charge in [0.25, 0.3) is 0 Å². The number of benzene rings is 1. The Balaban J connectivity index is 4.04. The minimum atomic E-state index is -2.36. The molecule has 0 bridgehead atoms. The lowest BCUT2D eigenvalue weighted by Gasteiger charge is -2.21. The Hall–Kier alpha value is -4.62. The van der Waals surface area contributed by atoms with Gasteiger partial charge in [-0.25, -0.2) is 38.5 Å². The van der Waals surface area contributed by atoms with Crippen molar-refractivity contribution < 1.29 is 109 Å². The molecule has 0 saturated carbocycles. The lowest BCUT2D eigenvalue weighted by Crippen LogP contribution is -2.33. The first-order valence-electron chi connectivity index (χ1n) is 12.3. The van der Waals surface area contributed by atoms with E-state index in [0.717, 1.165) is 0 Å². The van der Waals surface area contributed by atoms with E-state index >= 15 is 0 Å². The van der Waals surface area contributed by atoms with Crippen molar-refractivity contribution in [3.63, 3.8) is 0 Å². The van der Waals surface area contributed by atoms with Crippen LogP contribution in [-0.2, 0) is 38.5 Å². The van der Waals surface area contributed by atoms with Gasteiger partial charge in [0.15, 0.2) is 42.0 Å². The first-order chi connectivity index (χ1) is 21.6. The van der Waals surface area contributed by atoms with E-state index in [0.29, 0.717) is 18.2 Å². The number of aliphatic hydroxyl groups is 10. The third kappa shape index (κ3) is 11.4. The summed E-state index contributed by atoms with van der Waals surface area (Å²) in [5.41, 5.74) is -0.762. The van der Waals surface area contributed by atoms with Crippen LogP contribution in [0.3, 0.4) is 0 Å². The Bertz CT molecular complexity index is 1290. The van der Waals surface area contributed by atoms with Crippen LogP contribution in [0.4, 0.5) is 0 Å². The molecule has 10 N–H and O–H groups in total. The van der Waals surface area contributed by atoms with Gasteiger partial charge in [0.05, 0.1) is 33.0 Å². The maximum absolute atomic E-state index is 12.4. The van der Waals surface area contributed by atoms with Crippen molar-refractivity contribution in [2.45, 2.75) is 30.5 Å². The van der Waals surface area contributed by atoms with Crippen LogP contribution in [0.1, 0.15) is 5.56 Å². The number of hydrogen-bond acceptors (Lipinski definition) is 22. The number of ether oxygens (including phenoxy) is 4. The zero-order valence-corrected chi connectivity index (χ0v) is 23.0. The zero-order chi connectivity index (χ0) is 35.1. The molecular formula is C24H28O22. The zero-order valence-electron chi connectivity index (χ0n) is 23.0. The normalized spacial score (nSPS) is 14.3. The number of carbonyl (C=O) groups excluding carboxylic acids is 6. The number of aliphatic hydroxyl groups excluding tert-OH is 10. The Morgan fingerprint density at radius 3 is 1.33 bits per heavy atom. The monoisotopic (exact) mass is 668 g/mol. The van der Waals surface area contributed by atoms with Crippen LogP contribution in [0.2, 0.25) is 0 Å². The van der Waals surface area contributed by atoms with Gasteiger partial charge in [0.2, 0.25) is 11.5 Å². The molecule has 1 rings (SSSR count). The fraction of sp³-hybridized carbons (Fsp3) is 0.417. The van der Waals surface area contributed by atoms with Crippen molar-refractivity contribution in [1.29, 1.82) is 0 Å². The maximum atomic E-state index is 12.4. The molecule has 256 valence electrons. The van der Waals surface area contributed by atoms with Crippen molar-refractivity contribution in [2.24, 2.45) is 0 Å². The molecule has 46 heavy (non-hydrogen) atoms. The summed E-state index contributed by atoms with van der Waals surface area (Å²) in [6, 6.07) is 0.537. The molecule has 0 saturated heterocycles. The van der Waals surface area contributed by atoms with Crippen LogP contribution < -0.4 is 18.9 Å². The van der Waals surface area contributed by atoms with E-state index < -0.39 is 128 Å². The van der Waals surface area contributed by atoms with Crippen molar-refractivity contribution in [2.75, 3.05) is 33.0 Å². The lowest BCUT2D eigenvalue weighted by atomic mass is 10.1. The quantitative estimate of drug-likeness (QED) is 0.0257. The summed E-state index contributed by atoms with van der Waals surface area (Å²) in [4.78, 5) is 81.0. The molecular weight excluding hydrogens is 640 g/mol. The van der Waals surface area contributed by atoms with Crippen LogP contribution in [0.15, 0.2) is 12.1 Å². The molecule has 0 aliphatic carbocycles. The van der Waals surface area contributed by atoms with Crippen molar-refractivity contribution >= 4 is 41.9 Å². The summed E-state index contributed by atoms with van der Waals surface area (Å²) in [5.74, 6) is -15.1. The third-order valence-electron chi connectivity index (χ3n) is 4.83. The van der Waals surface area contributed by atoms with Gasteiger partial charge in [-0.05, 0) is 12.1 Å². The van der Waals surface area contributed by atoms with E-state index in [-0.39, 0.29) is 0 Å². The van der Waals surface area contributed by atoms with E-state index in [1.165, 1.54) is 0 Å². The summed E-state index contributed by atoms with van der Waals surface area (Å²) in [6.07, 6.45) is -10.5. The smallest absolute Gasteiger partial charge is 0.386 e. The van der Waals surface area contributed by atoms with E-state index in [1.807, 2.05) is 0 Å². The van der Waals surface area contributed by atoms with E-state index in [1.54, 1.807) is 0 Å². The summed E-state index contributed by atoms with van der Waals surface area (Å²) in [6.45, 7) is -6.19. The Labute approximate surface area is 255 Å². The second kappa shape index (κ2) is 19.0. The Morgan fingerprint density at radius 2 is 0.891 bits per heavy atom. The molecule has 0 aliphatic heterocycles. The summed E-state index contributed by atoms with van der Waals surface area (Å²) < 4.78 is 19.4. The van der Waals surface area contributed by atoms with Gasteiger partial charge in [-0.3, -0.25) is 0 Å². The third-order valence-corrected chi connectivity index (χ3v) is 4.83. The molecule has 22 nitrogen and oxygen atoms in total. The Kier molecular flexibility index (Phi) is 16.3. The predicted molar refractivity (Wildman–Crippen MR) is 136 cm³/mol. The molecule has 1 aromatic rings. The molecule has 0 heterocycles. The van der Waals surface area contributed by atoms with Gasteiger partial charge in [0.1, 0.15) is 0 Å². The number of carbonyl (C=O) groups is 6. The van der Waals surface area contributed by atoms with Crippen LogP contribution in [0.5, 0.6) is 23.0 Å². The molecule has 0 spiro atoms. The molecule has 5 unspecified atom stereocenters. The van der Waals surface area contributed by atoms with Crippen LogP contribution in [0.25, 0.3) is 6.08 Å². The average Bonchev–Trinajstić information content (AvgIpc) is 3.05. The highest BCUT2D eigenvalue weighted by molar-refractivity contribution is 5.92. The van der Waals surface area contributed by atoms with Crippen molar-refractivity contribution in [3.05, 3.63) is 17.7 Å². The number of hydrogen-bond donors (Lipinski definition) is 10. The minimum absolute atomic E-state index is 0.358. The second-order valence-corrected chi connectivity index (χ2v) is 8.27. The summed E-state index contributed by atoms with van der Waals surface area (Å²) in [7, 11) is 0. The van der Waals surface area contributed by atoms with E-state index in [2.05, 4.69) is 9.78 Å². The van der Waals surface area contributed by atoms with Gasteiger partial charge in [-0.2, -0.15) is 0 Å². The van der Waals surface area contributed by atoms with Crippen molar-refractivity contribution in [1.82, 2.24) is 0 Å².